The van der Waals surface area contributed by atoms with Gasteiger partial charge in [-0.15, -0.1) is 5.10 Å². The number of rotatable bonds is 6. The third-order valence-corrected chi connectivity index (χ3v) is 4.11. The van der Waals surface area contributed by atoms with Crippen molar-refractivity contribution in [2.75, 3.05) is 21.3 Å². The fourth-order valence-corrected chi connectivity index (χ4v) is 2.71. The molecule has 0 fully saturated rings. The highest BCUT2D eigenvalue weighted by atomic mass is 16.5. The smallest absolute Gasteiger partial charge is 0.271 e. The van der Waals surface area contributed by atoms with Gasteiger partial charge in [-0.3, -0.25) is 9.59 Å². The maximum absolute atomic E-state index is 12.6. The molecule has 3 aromatic rings. The summed E-state index contributed by atoms with van der Waals surface area (Å²) in [6.07, 6.45) is 0. The van der Waals surface area contributed by atoms with Gasteiger partial charge in [0.25, 0.3) is 11.8 Å². The van der Waals surface area contributed by atoms with E-state index in [1.54, 1.807) is 30.3 Å². The van der Waals surface area contributed by atoms with E-state index >= 15 is 0 Å². The van der Waals surface area contributed by atoms with Gasteiger partial charge in [0.05, 0.1) is 21.3 Å². The normalized spacial score (nSPS) is 11.2. The summed E-state index contributed by atoms with van der Waals surface area (Å²) in [6.45, 7) is 0. The summed E-state index contributed by atoms with van der Waals surface area (Å²) in [5.74, 6) is -0.345. The van der Waals surface area contributed by atoms with Crippen molar-refractivity contribution >= 4 is 22.8 Å². The first-order valence-corrected chi connectivity index (χ1v) is 8.45. The number of carbonyl (C=O) groups is 2. The molecule has 1 aromatic heterocycles. The van der Waals surface area contributed by atoms with Crippen LogP contribution in [0, 0.1) is 0 Å². The van der Waals surface area contributed by atoms with Gasteiger partial charge < -0.3 is 24.4 Å². The Hall–Kier alpha value is -4.01. The van der Waals surface area contributed by atoms with Gasteiger partial charge in [-0.25, -0.2) is 5.43 Å². The van der Waals surface area contributed by atoms with E-state index in [1.807, 2.05) is 0 Å². The average molecular weight is 397 g/mol. The van der Waals surface area contributed by atoms with Crippen LogP contribution in [0.1, 0.15) is 20.7 Å². The largest absolute Gasteiger partial charge is 0.493 e. The van der Waals surface area contributed by atoms with Gasteiger partial charge in [0.1, 0.15) is 11.1 Å². The quantitative estimate of drug-likeness (QED) is 0.611. The third-order valence-electron chi connectivity index (χ3n) is 4.11. The number of nitrogens with zero attached hydrogens (tertiary/aromatic N) is 1. The number of carbonyl (C=O) groups excluding carboxylic acids is 2. The predicted octanol–water partition coefficient (Wildman–Crippen LogP) is 1.80. The Kier molecular flexibility index (Phi) is 5.68. The fourth-order valence-electron chi connectivity index (χ4n) is 2.71. The molecule has 9 heteroatoms. The Morgan fingerprint density at radius 3 is 2.24 bits per heavy atom. The zero-order chi connectivity index (χ0) is 21.0. The number of amides is 2. The molecule has 0 saturated carbocycles. The van der Waals surface area contributed by atoms with Crippen molar-refractivity contribution in [1.82, 2.24) is 5.43 Å². The van der Waals surface area contributed by atoms with Crippen LogP contribution in [-0.4, -0.2) is 33.1 Å². The van der Waals surface area contributed by atoms with E-state index in [-0.39, 0.29) is 16.7 Å². The molecule has 0 bridgehead atoms. The molecule has 2 amide bonds. The maximum atomic E-state index is 12.6. The summed E-state index contributed by atoms with van der Waals surface area (Å²) in [4.78, 5) is 24.3. The molecule has 150 valence electrons. The topological polar surface area (TPSA) is 125 Å². The second kappa shape index (κ2) is 8.34. The first kappa shape index (κ1) is 19.7. The zero-order valence-corrected chi connectivity index (χ0v) is 16.0. The van der Waals surface area contributed by atoms with Gasteiger partial charge in [0, 0.05) is 10.9 Å². The average Bonchev–Trinajstić information content (AvgIpc) is 2.75. The lowest BCUT2D eigenvalue weighted by molar-refractivity contribution is 0.0945. The second-order valence-corrected chi connectivity index (χ2v) is 5.83. The van der Waals surface area contributed by atoms with Crippen LogP contribution >= 0.6 is 0 Å². The number of hydrogen-bond donors (Lipinski definition) is 2. The summed E-state index contributed by atoms with van der Waals surface area (Å²) in [7, 11) is 4.34. The lowest BCUT2D eigenvalue weighted by atomic mass is 10.1. The molecule has 0 aliphatic heterocycles. The van der Waals surface area contributed by atoms with Crippen molar-refractivity contribution < 1.29 is 28.2 Å². The predicted molar refractivity (Wildman–Crippen MR) is 104 cm³/mol. The Morgan fingerprint density at radius 2 is 1.66 bits per heavy atom. The van der Waals surface area contributed by atoms with E-state index in [9.17, 15) is 9.59 Å². The number of nitrogens with two attached hydrogens (primary N) is 1. The van der Waals surface area contributed by atoms with Crippen molar-refractivity contribution in [3.8, 4) is 17.2 Å². The van der Waals surface area contributed by atoms with Crippen LogP contribution < -0.4 is 30.9 Å². The van der Waals surface area contributed by atoms with Crippen LogP contribution in [0.15, 0.2) is 52.0 Å². The Labute approximate surface area is 165 Å². The first-order valence-electron chi connectivity index (χ1n) is 8.45. The maximum Gasteiger partial charge on any atom is 0.271 e. The number of primary amides is 1. The Bertz CT molecular complexity index is 1130. The van der Waals surface area contributed by atoms with Crippen molar-refractivity contribution in [3.63, 3.8) is 0 Å². The van der Waals surface area contributed by atoms with E-state index in [0.29, 0.717) is 28.2 Å². The number of para-hydroxylation sites is 1. The molecule has 0 saturated heterocycles. The molecular formula is C20H19N3O6. The molecule has 29 heavy (non-hydrogen) atoms. The standard InChI is InChI=1S/C20H19N3O6/c1-26-15-9-12(10-16(27-2)17(15)28-3)19(25)22-23-20-13(18(21)24)8-11-6-4-5-7-14(11)29-20/h4-10H,1-3H3,(H2,21,24)(H,22,25)/b23-20+. The Balaban J connectivity index is 2.01. The number of fused-ring (bicyclic) bond motifs is 1. The molecule has 0 aliphatic rings. The molecule has 0 aliphatic carbocycles. The zero-order valence-electron chi connectivity index (χ0n) is 16.0. The molecule has 0 spiro atoms. The van der Waals surface area contributed by atoms with Gasteiger partial charge in [-0.1, -0.05) is 18.2 Å². The minimum atomic E-state index is -0.736. The molecule has 2 aromatic carbocycles. The highest BCUT2D eigenvalue weighted by Gasteiger charge is 2.17. The number of ether oxygens (including phenoxy) is 3. The van der Waals surface area contributed by atoms with Crippen molar-refractivity contribution in [2.45, 2.75) is 0 Å². The monoisotopic (exact) mass is 397 g/mol. The van der Waals surface area contributed by atoms with E-state index in [2.05, 4.69) is 10.5 Å². The third kappa shape index (κ3) is 3.98. The van der Waals surface area contributed by atoms with Crippen LogP contribution in [0.2, 0.25) is 0 Å². The molecule has 0 atom stereocenters. The van der Waals surface area contributed by atoms with Crippen molar-refractivity contribution in [3.05, 3.63) is 59.1 Å². The molecule has 1 heterocycles. The SMILES string of the molecule is COc1cc(C(=O)N/N=c2/oc3ccccc3cc2C(N)=O)cc(OC)c1OC. The number of nitrogens with one attached hydrogen (secondary N) is 1. The fraction of sp³-hybridized carbons (Fsp3) is 0.150. The lowest BCUT2D eigenvalue weighted by Gasteiger charge is -2.13. The lowest BCUT2D eigenvalue weighted by Crippen LogP contribution is -2.27. The highest BCUT2D eigenvalue weighted by Crippen LogP contribution is 2.38. The van der Waals surface area contributed by atoms with Gasteiger partial charge in [0.2, 0.25) is 11.3 Å². The van der Waals surface area contributed by atoms with E-state index in [1.165, 1.54) is 33.5 Å². The minimum Gasteiger partial charge on any atom is -0.493 e. The molecule has 0 unspecified atom stereocenters. The van der Waals surface area contributed by atoms with Crippen molar-refractivity contribution in [1.29, 1.82) is 0 Å². The summed E-state index contributed by atoms with van der Waals surface area (Å²) >= 11 is 0. The molecule has 3 N–H and O–H groups in total. The number of benzene rings is 2. The summed E-state index contributed by atoms with van der Waals surface area (Å²) in [5, 5.41) is 4.60. The van der Waals surface area contributed by atoms with Crippen LogP contribution in [-0.2, 0) is 0 Å². The molecule has 3 rings (SSSR count). The van der Waals surface area contributed by atoms with Gasteiger partial charge in [-0.2, -0.15) is 0 Å². The Morgan fingerprint density at radius 1 is 1.00 bits per heavy atom. The molecule has 9 nitrogen and oxygen atoms in total. The van der Waals surface area contributed by atoms with Crippen LogP contribution in [0.3, 0.4) is 0 Å². The molecule has 0 radical (unpaired) electrons. The second-order valence-electron chi connectivity index (χ2n) is 5.83. The van der Waals surface area contributed by atoms with Gasteiger partial charge >= 0.3 is 0 Å². The summed E-state index contributed by atoms with van der Waals surface area (Å²) < 4.78 is 21.3. The van der Waals surface area contributed by atoms with Crippen LogP contribution in [0.5, 0.6) is 17.2 Å². The minimum absolute atomic E-state index is 0.0360. The van der Waals surface area contributed by atoms with Gasteiger partial charge in [0.15, 0.2) is 11.5 Å². The highest BCUT2D eigenvalue weighted by molar-refractivity contribution is 5.96. The molecular weight excluding hydrogens is 378 g/mol. The summed E-state index contributed by atoms with van der Waals surface area (Å²) in [5.41, 5.74) is 8.37. The number of hydrogen-bond acceptors (Lipinski definition) is 7. The van der Waals surface area contributed by atoms with Gasteiger partial charge in [-0.05, 0) is 24.3 Å². The number of methoxy groups -OCH3 is 3. The first-order chi connectivity index (χ1) is 14.0. The van der Waals surface area contributed by atoms with E-state index in [0.717, 1.165) is 0 Å². The van der Waals surface area contributed by atoms with E-state index < -0.39 is 11.8 Å². The van der Waals surface area contributed by atoms with Crippen molar-refractivity contribution in [2.24, 2.45) is 10.8 Å². The van der Waals surface area contributed by atoms with Crippen LogP contribution in [0.25, 0.3) is 11.0 Å². The van der Waals surface area contributed by atoms with E-state index in [4.69, 9.17) is 24.4 Å². The summed E-state index contributed by atoms with van der Waals surface area (Å²) in [6, 6.07) is 11.5. The van der Waals surface area contributed by atoms with Crippen LogP contribution in [0.4, 0.5) is 0 Å².